The van der Waals surface area contributed by atoms with E-state index in [1.807, 2.05) is 13.1 Å². The van der Waals surface area contributed by atoms with Crippen molar-refractivity contribution in [1.29, 1.82) is 0 Å². The first kappa shape index (κ1) is 17.2. The van der Waals surface area contributed by atoms with Gasteiger partial charge in [-0.05, 0) is 50.2 Å². The van der Waals surface area contributed by atoms with E-state index in [2.05, 4.69) is 36.3 Å². The summed E-state index contributed by atoms with van der Waals surface area (Å²) in [6, 6.07) is 6.11. The fraction of sp³-hybridized carbons (Fsp3) is 0.381. The molecule has 2 unspecified atom stereocenters. The van der Waals surface area contributed by atoms with Gasteiger partial charge in [0, 0.05) is 31.0 Å². The summed E-state index contributed by atoms with van der Waals surface area (Å²) in [6.07, 6.45) is 10.5. The van der Waals surface area contributed by atoms with Gasteiger partial charge in [0.2, 0.25) is 0 Å². The zero-order valence-electron chi connectivity index (χ0n) is 15.8. The Morgan fingerprint density at radius 2 is 2.11 bits per heavy atom. The van der Waals surface area contributed by atoms with Crippen molar-refractivity contribution < 1.29 is 4.39 Å². The van der Waals surface area contributed by atoms with Crippen LogP contribution in [-0.4, -0.2) is 24.1 Å². The molecule has 0 saturated heterocycles. The van der Waals surface area contributed by atoms with E-state index in [0.29, 0.717) is 17.8 Å². The summed E-state index contributed by atoms with van der Waals surface area (Å²) in [5.41, 5.74) is 9.83. The Morgan fingerprint density at radius 1 is 1.21 bits per heavy atom. The van der Waals surface area contributed by atoms with Crippen LogP contribution < -0.4 is 5.73 Å². The van der Waals surface area contributed by atoms with E-state index >= 15 is 0 Å². The predicted octanol–water partition coefficient (Wildman–Crippen LogP) is 4.01. The standard InChI is InChI=1S/C21H23FN6/c1-27-15(10-18-19(27)9-14(22)11-24-18)4-2-13-3-5-16(8-13)28-7-6-17-20(23)25-12-26-21(17)28/h6-7,9-13,16H,2-5,8H2,1H3,(H2,23,25,26). The van der Waals surface area contributed by atoms with Crippen molar-refractivity contribution in [2.75, 3.05) is 5.73 Å². The molecule has 6 nitrogen and oxygen atoms in total. The molecule has 4 heterocycles. The Bertz CT molecular complexity index is 1160. The molecule has 1 saturated carbocycles. The molecule has 4 aromatic heterocycles. The number of rotatable bonds is 4. The van der Waals surface area contributed by atoms with Crippen LogP contribution in [0.3, 0.4) is 0 Å². The number of nitrogens with zero attached hydrogens (tertiary/aromatic N) is 5. The molecular formula is C21H23FN6. The second-order valence-corrected chi connectivity index (χ2v) is 7.84. The molecule has 2 atom stereocenters. The third-order valence-corrected chi connectivity index (χ3v) is 6.22. The van der Waals surface area contributed by atoms with E-state index < -0.39 is 0 Å². The van der Waals surface area contributed by atoms with Crippen LogP contribution in [0.4, 0.5) is 10.2 Å². The second kappa shape index (κ2) is 6.58. The molecular weight excluding hydrogens is 355 g/mol. The van der Waals surface area contributed by atoms with Crippen molar-refractivity contribution in [3.8, 4) is 0 Å². The minimum Gasteiger partial charge on any atom is -0.383 e. The highest BCUT2D eigenvalue weighted by Crippen LogP contribution is 2.39. The number of nitrogens with two attached hydrogens (primary N) is 1. The van der Waals surface area contributed by atoms with E-state index in [0.717, 1.165) is 47.8 Å². The minimum absolute atomic E-state index is 0.290. The maximum absolute atomic E-state index is 13.5. The van der Waals surface area contributed by atoms with Crippen molar-refractivity contribution >= 4 is 27.9 Å². The van der Waals surface area contributed by atoms with Gasteiger partial charge in [-0.1, -0.05) is 0 Å². The number of pyridine rings is 1. The van der Waals surface area contributed by atoms with Crippen LogP contribution >= 0.6 is 0 Å². The van der Waals surface area contributed by atoms with Gasteiger partial charge < -0.3 is 14.9 Å². The fourth-order valence-corrected chi connectivity index (χ4v) is 4.67. The molecule has 0 spiro atoms. The van der Waals surface area contributed by atoms with Crippen LogP contribution in [0.15, 0.2) is 36.9 Å². The van der Waals surface area contributed by atoms with Gasteiger partial charge in [0.15, 0.2) is 0 Å². The normalized spacial score (nSPS) is 19.8. The molecule has 0 bridgehead atoms. The lowest BCUT2D eigenvalue weighted by Gasteiger charge is -2.14. The first-order valence-corrected chi connectivity index (χ1v) is 9.77. The van der Waals surface area contributed by atoms with Gasteiger partial charge in [-0.3, -0.25) is 4.98 Å². The summed E-state index contributed by atoms with van der Waals surface area (Å²) in [7, 11) is 1.99. The van der Waals surface area contributed by atoms with E-state index in [1.54, 1.807) is 6.07 Å². The third kappa shape index (κ3) is 2.82. The van der Waals surface area contributed by atoms with E-state index in [-0.39, 0.29) is 5.82 Å². The molecule has 1 aliphatic carbocycles. The number of hydrogen-bond acceptors (Lipinski definition) is 4. The van der Waals surface area contributed by atoms with E-state index in [9.17, 15) is 4.39 Å². The zero-order valence-corrected chi connectivity index (χ0v) is 15.8. The lowest BCUT2D eigenvalue weighted by molar-refractivity contribution is 0.458. The Kier molecular flexibility index (Phi) is 4.03. The topological polar surface area (TPSA) is 74.5 Å². The van der Waals surface area contributed by atoms with Gasteiger partial charge in [-0.2, -0.15) is 0 Å². The van der Waals surface area contributed by atoms with Crippen LogP contribution in [0, 0.1) is 11.7 Å². The van der Waals surface area contributed by atoms with Gasteiger partial charge in [-0.25, -0.2) is 14.4 Å². The number of nitrogen functional groups attached to an aromatic ring is 1. The molecule has 5 rings (SSSR count). The second-order valence-electron chi connectivity index (χ2n) is 7.84. The molecule has 1 fully saturated rings. The minimum atomic E-state index is -0.290. The molecule has 0 radical (unpaired) electrons. The number of aromatic nitrogens is 5. The van der Waals surface area contributed by atoms with Gasteiger partial charge >= 0.3 is 0 Å². The maximum atomic E-state index is 13.5. The molecule has 0 aliphatic heterocycles. The smallest absolute Gasteiger partial charge is 0.145 e. The monoisotopic (exact) mass is 378 g/mol. The summed E-state index contributed by atoms with van der Waals surface area (Å²) >= 11 is 0. The summed E-state index contributed by atoms with van der Waals surface area (Å²) in [6.45, 7) is 0. The van der Waals surface area contributed by atoms with Crippen molar-refractivity contribution in [2.24, 2.45) is 13.0 Å². The molecule has 144 valence electrons. The Morgan fingerprint density at radius 3 is 3.00 bits per heavy atom. The molecule has 7 heteroatoms. The SMILES string of the molecule is Cn1c(CCC2CCC(n3ccc4c(N)ncnc43)C2)cc2ncc(F)cc21. The molecule has 2 N–H and O–H groups in total. The average molecular weight is 378 g/mol. The fourth-order valence-electron chi connectivity index (χ4n) is 4.67. The Labute approximate surface area is 162 Å². The quantitative estimate of drug-likeness (QED) is 0.582. The van der Waals surface area contributed by atoms with Gasteiger partial charge in [0.1, 0.15) is 23.6 Å². The highest BCUT2D eigenvalue weighted by Gasteiger charge is 2.27. The third-order valence-electron chi connectivity index (χ3n) is 6.22. The average Bonchev–Trinajstić information content (AvgIpc) is 3.39. The molecule has 0 aromatic carbocycles. The summed E-state index contributed by atoms with van der Waals surface area (Å²) in [4.78, 5) is 12.7. The van der Waals surface area contributed by atoms with Gasteiger partial charge in [-0.15, -0.1) is 0 Å². The van der Waals surface area contributed by atoms with Crippen LogP contribution in [0.2, 0.25) is 0 Å². The Hall–Kier alpha value is -2.96. The number of fused-ring (bicyclic) bond motifs is 2. The van der Waals surface area contributed by atoms with Crippen LogP contribution in [0.25, 0.3) is 22.1 Å². The number of hydrogen-bond donors (Lipinski definition) is 1. The first-order chi connectivity index (χ1) is 13.6. The predicted molar refractivity (Wildman–Crippen MR) is 107 cm³/mol. The van der Waals surface area contributed by atoms with Gasteiger partial charge in [0.05, 0.1) is 22.6 Å². The highest BCUT2D eigenvalue weighted by molar-refractivity contribution is 5.86. The van der Waals surface area contributed by atoms with Crippen molar-refractivity contribution in [1.82, 2.24) is 24.1 Å². The molecule has 1 aliphatic rings. The highest BCUT2D eigenvalue weighted by atomic mass is 19.1. The number of aryl methyl sites for hydroxylation is 2. The maximum Gasteiger partial charge on any atom is 0.145 e. The summed E-state index contributed by atoms with van der Waals surface area (Å²) in [5, 5.41) is 0.932. The zero-order chi connectivity index (χ0) is 19.3. The molecule has 0 amide bonds. The molecule has 4 aromatic rings. The molecule has 28 heavy (non-hydrogen) atoms. The van der Waals surface area contributed by atoms with E-state index in [1.165, 1.54) is 24.6 Å². The lowest BCUT2D eigenvalue weighted by Crippen LogP contribution is -2.06. The van der Waals surface area contributed by atoms with Crippen molar-refractivity contribution in [2.45, 2.75) is 38.1 Å². The number of anilines is 1. The van der Waals surface area contributed by atoms with E-state index in [4.69, 9.17) is 5.73 Å². The largest absolute Gasteiger partial charge is 0.383 e. The summed E-state index contributed by atoms with van der Waals surface area (Å²) in [5.74, 6) is 0.922. The van der Waals surface area contributed by atoms with Crippen molar-refractivity contribution in [3.05, 3.63) is 48.4 Å². The number of halogens is 1. The Balaban J connectivity index is 1.29. The van der Waals surface area contributed by atoms with Gasteiger partial charge in [0.25, 0.3) is 0 Å². The van der Waals surface area contributed by atoms with Crippen molar-refractivity contribution in [3.63, 3.8) is 0 Å². The lowest BCUT2D eigenvalue weighted by atomic mass is 10.0. The van der Waals surface area contributed by atoms with Crippen LogP contribution in [-0.2, 0) is 13.5 Å². The van der Waals surface area contributed by atoms with Crippen LogP contribution in [0.1, 0.15) is 37.4 Å². The summed E-state index contributed by atoms with van der Waals surface area (Å²) < 4.78 is 17.8. The van der Waals surface area contributed by atoms with Crippen LogP contribution in [0.5, 0.6) is 0 Å². The first-order valence-electron chi connectivity index (χ1n) is 9.77.